The number of nitrogens with one attached hydrogen (secondary N) is 1. The fraction of sp³-hybridized carbons (Fsp3) is 0.364. The third kappa shape index (κ3) is 3.55. The Morgan fingerprint density at radius 1 is 1.47 bits per heavy atom. The highest BCUT2D eigenvalue weighted by molar-refractivity contribution is 9.09. The van der Waals surface area contributed by atoms with Crippen molar-refractivity contribution in [2.24, 2.45) is 0 Å². The van der Waals surface area contributed by atoms with Crippen LogP contribution in [0.25, 0.3) is 0 Å². The molecule has 0 spiro atoms. The Hall–Kier alpha value is -1.03. The Bertz CT molecular complexity index is 328. The molecule has 0 aliphatic carbocycles. The van der Waals surface area contributed by atoms with Gasteiger partial charge in [-0.05, 0) is 19.1 Å². The molecule has 1 aromatic rings. The van der Waals surface area contributed by atoms with Gasteiger partial charge in [-0.3, -0.25) is 0 Å². The van der Waals surface area contributed by atoms with Gasteiger partial charge in [0.05, 0.1) is 12.2 Å². The van der Waals surface area contributed by atoms with Crippen molar-refractivity contribution in [2.75, 3.05) is 23.8 Å². The van der Waals surface area contributed by atoms with Crippen LogP contribution in [0, 0.1) is 0 Å². The average molecular weight is 272 g/mol. The van der Waals surface area contributed by atoms with Crippen molar-refractivity contribution in [1.82, 2.24) is 0 Å². The van der Waals surface area contributed by atoms with E-state index < -0.39 is 0 Å². The molecule has 0 aliphatic rings. The molecule has 0 radical (unpaired) electrons. The number of hydrogen-bond donors (Lipinski definition) is 1. The first-order valence-corrected chi connectivity index (χ1v) is 5.97. The molecule has 3 nitrogen and oxygen atoms in total. The summed E-state index contributed by atoms with van der Waals surface area (Å²) in [7, 11) is 0. The average Bonchev–Trinajstić information content (AvgIpc) is 2.27. The van der Waals surface area contributed by atoms with E-state index in [-0.39, 0.29) is 5.97 Å². The summed E-state index contributed by atoms with van der Waals surface area (Å²) in [5.74, 6) is -0.282. The fourth-order valence-corrected chi connectivity index (χ4v) is 1.40. The van der Waals surface area contributed by atoms with E-state index in [4.69, 9.17) is 4.74 Å². The van der Waals surface area contributed by atoms with E-state index in [1.165, 1.54) is 0 Å². The van der Waals surface area contributed by atoms with Crippen LogP contribution in [0.4, 0.5) is 5.69 Å². The molecule has 1 rings (SSSR count). The van der Waals surface area contributed by atoms with Gasteiger partial charge in [0.25, 0.3) is 0 Å². The van der Waals surface area contributed by atoms with Crippen molar-refractivity contribution in [2.45, 2.75) is 6.92 Å². The summed E-state index contributed by atoms with van der Waals surface area (Å²) >= 11 is 3.32. The zero-order valence-corrected chi connectivity index (χ0v) is 10.2. The van der Waals surface area contributed by atoms with Crippen LogP contribution in [-0.2, 0) is 4.74 Å². The van der Waals surface area contributed by atoms with Gasteiger partial charge in [-0.15, -0.1) is 0 Å². The summed E-state index contributed by atoms with van der Waals surface area (Å²) in [6.45, 7) is 2.97. The van der Waals surface area contributed by atoms with Crippen molar-refractivity contribution < 1.29 is 9.53 Å². The van der Waals surface area contributed by atoms with E-state index in [1.807, 2.05) is 18.2 Å². The fourth-order valence-electron chi connectivity index (χ4n) is 1.21. The van der Waals surface area contributed by atoms with Gasteiger partial charge in [-0.1, -0.05) is 28.1 Å². The Kier molecular flexibility index (Phi) is 5.18. The Morgan fingerprint density at radius 2 is 2.20 bits per heavy atom. The van der Waals surface area contributed by atoms with Crippen LogP contribution in [0.5, 0.6) is 0 Å². The standard InChI is InChI=1S/C11H14BrNO2/c1-2-15-11(14)9-5-3-4-6-10(9)13-8-7-12/h3-6,13H,2,7-8H2,1H3. The van der Waals surface area contributed by atoms with E-state index >= 15 is 0 Å². The van der Waals surface area contributed by atoms with Gasteiger partial charge < -0.3 is 10.1 Å². The number of benzene rings is 1. The quantitative estimate of drug-likeness (QED) is 0.661. The SMILES string of the molecule is CCOC(=O)c1ccccc1NCCBr. The number of hydrogen-bond acceptors (Lipinski definition) is 3. The highest BCUT2D eigenvalue weighted by Crippen LogP contribution is 2.15. The van der Waals surface area contributed by atoms with Gasteiger partial charge in [0.1, 0.15) is 0 Å². The van der Waals surface area contributed by atoms with E-state index in [9.17, 15) is 4.79 Å². The molecule has 1 N–H and O–H groups in total. The predicted molar refractivity (Wildman–Crippen MR) is 64.7 cm³/mol. The Balaban J connectivity index is 2.80. The van der Waals surface area contributed by atoms with Gasteiger partial charge in [0, 0.05) is 17.6 Å². The van der Waals surface area contributed by atoms with Crippen LogP contribution in [0.15, 0.2) is 24.3 Å². The van der Waals surface area contributed by atoms with Crippen molar-refractivity contribution in [3.63, 3.8) is 0 Å². The largest absolute Gasteiger partial charge is 0.462 e. The number of halogens is 1. The monoisotopic (exact) mass is 271 g/mol. The highest BCUT2D eigenvalue weighted by Gasteiger charge is 2.10. The van der Waals surface area contributed by atoms with Crippen LogP contribution in [0.3, 0.4) is 0 Å². The van der Waals surface area contributed by atoms with E-state index in [2.05, 4.69) is 21.2 Å². The van der Waals surface area contributed by atoms with Crippen molar-refractivity contribution in [3.05, 3.63) is 29.8 Å². The molecule has 0 aromatic heterocycles. The third-order valence-corrected chi connectivity index (χ3v) is 2.23. The smallest absolute Gasteiger partial charge is 0.340 e. The molecule has 0 amide bonds. The van der Waals surface area contributed by atoms with Crippen LogP contribution in [-0.4, -0.2) is 24.5 Å². The van der Waals surface area contributed by atoms with Crippen LogP contribution >= 0.6 is 15.9 Å². The molecule has 82 valence electrons. The number of alkyl halides is 1. The zero-order valence-electron chi connectivity index (χ0n) is 8.63. The number of esters is 1. The van der Waals surface area contributed by atoms with Crippen LogP contribution in [0.2, 0.25) is 0 Å². The van der Waals surface area contributed by atoms with Crippen LogP contribution in [0.1, 0.15) is 17.3 Å². The molecule has 0 saturated carbocycles. The Morgan fingerprint density at radius 3 is 2.87 bits per heavy atom. The lowest BCUT2D eigenvalue weighted by Gasteiger charge is -2.09. The first-order valence-electron chi connectivity index (χ1n) is 4.85. The summed E-state index contributed by atoms with van der Waals surface area (Å²) in [4.78, 5) is 11.6. The molecule has 0 bridgehead atoms. The summed E-state index contributed by atoms with van der Waals surface area (Å²) in [6.07, 6.45) is 0. The summed E-state index contributed by atoms with van der Waals surface area (Å²) in [5, 5.41) is 3.99. The van der Waals surface area contributed by atoms with E-state index in [0.717, 1.165) is 17.6 Å². The molecule has 4 heteroatoms. The summed E-state index contributed by atoms with van der Waals surface area (Å²) in [5.41, 5.74) is 1.40. The van der Waals surface area contributed by atoms with Crippen LogP contribution < -0.4 is 5.32 Å². The highest BCUT2D eigenvalue weighted by atomic mass is 79.9. The predicted octanol–water partition coefficient (Wildman–Crippen LogP) is 2.67. The Labute approximate surface area is 97.9 Å². The topological polar surface area (TPSA) is 38.3 Å². The minimum absolute atomic E-state index is 0.282. The molecule has 15 heavy (non-hydrogen) atoms. The maximum absolute atomic E-state index is 11.6. The number of carbonyl (C=O) groups is 1. The summed E-state index contributed by atoms with van der Waals surface area (Å²) < 4.78 is 4.96. The van der Waals surface area contributed by atoms with Gasteiger partial charge in [-0.2, -0.15) is 0 Å². The molecule has 0 heterocycles. The lowest BCUT2D eigenvalue weighted by atomic mass is 10.2. The van der Waals surface area contributed by atoms with Gasteiger partial charge in [0.2, 0.25) is 0 Å². The molecule has 0 fully saturated rings. The molecule has 0 aliphatic heterocycles. The molecule has 0 unspecified atom stereocenters. The lowest BCUT2D eigenvalue weighted by Crippen LogP contribution is -2.10. The van der Waals surface area contributed by atoms with Crippen molar-refractivity contribution >= 4 is 27.6 Å². The third-order valence-electron chi connectivity index (χ3n) is 1.83. The lowest BCUT2D eigenvalue weighted by molar-refractivity contribution is 0.0527. The van der Waals surface area contributed by atoms with Gasteiger partial charge in [-0.25, -0.2) is 4.79 Å². The van der Waals surface area contributed by atoms with Crippen molar-refractivity contribution in [1.29, 1.82) is 0 Å². The maximum Gasteiger partial charge on any atom is 0.340 e. The maximum atomic E-state index is 11.6. The number of anilines is 1. The number of para-hydroxylation sites is 1. The second kappa shape index (κ2) is 6.45. The number of ether oxygens (including phenoxy) is 1. The molecule has 1 aromatic carbocycles. The zero-order chi connectivity index (χ0) is 11.1. The molecular formula is C11H14BrNO2. The normalized spacial score (nSPS) is 9.73. The molecule has 0 atom stereocenters. The molecule has 0 saturated heterocycles. The first kappa shape index (κ1) is 12.0. The second-order valence-electron chi connectivity index (χ2n) is 2.88. The second-order valence-corrected chi connectivity index (χ2v) is 3.67. The van der Waals surface area contributed by atoms with E-state index in [1.54, 1.807) is 13.0 Å². The van der Waals surface area contributed by atoms with Crippen molar-refractivity contribution in [3.8, 4) is 0 Å². The molecular weight excluding hydrogens is 258 g/mol. The number of rotatable bonds is 5. The van der Waals surface area contributed by atoms with Gasteiger partial charge in [0.15, 0.2) is 0 Å². The summed E-state index contributed by atoms with van der Waals surface area (Å²) in [6, 6.07) is 7.34. The minimum Gasteiger partial charge on any atom is -0.462 e. The minimum atomic E-state index is -0.282. The first-order chi connectivity index (χ1) is 7.29. The van der Waals surface area contributed by atoms with E-state index in [0.29, 0.717) is 12.2 Å². The van der Waals surface area contributed by atoms with Gasteiger partial charge >= 0.3 is 5.97 Å². The number of carbonyl (C=O) groups excluding carboxylic acids is 1.